The molecule has 2 aromatic rings. The average molecular weight is 288 g/mol. The van der Waals surface area contributed by atoms with E-state index in [0.29, 0.717) is 12.3 Å². The van der Waals surface area contributed by atoms with Crippen molar-refractivity contribution in [2.75, 3.05) is 11.9 Å². The van der Waals surface area contributed by atoms with E-state index in [1.165, 1.54) is 0 Å². The molecular weight excluding hydrogens is 268 g/mol. The Morgan fingerprint density at radius 3 is 3.00 bits per heavy atom. The average Bonchev–Trinajstić information content (AvgIpc) is 2.95. The Morgan fingerprint density at radius 2 is 2.24 bits per heavy atom. The van der Waals surface area contributed by atoms with Crippen LogP contribution in [0.15, 0.2) is 18.6 Å². The van der Waals surface area contributed by atoms with Gasteiger partial charge >= 0.3 is 5.97 Å². The molecule has 0 saturated heterocycles. The van der Waals surface area contributed by atoms with Gasteiger partial charge in [0, 0.05) is 19.3 Å². The summed E-state index contributed by atoms with van der Waals surface area (Å²) in [5.41, 5.74) is 0.810. The Morgan fingerprint density at radius 1 is 1.43 bits per heavy atom. The highest BCUT2D eigenvalue weighted by atomic mass is 16.4. The number of hydrogen-bond donors (Lipinski definition) is 2. The number of carbonyl (C=O) groups is 1. The lowest BCUT2D eigenvalue weighted by Gasteiger charge is -2.39. The number of fused-ring (bicyclic) bond motifs is 1. The standard InChI is InChI=1S/C15H20N4O2/c1-9-3-4-10(15(20)21)7-12(9)19(2)14-11-5-6-16-13(11)17-8-18-14/h5-6,8-10,12H,3-4,7H2,1-2H3,(H,20,21)(H,16,17,18). The van der Waals surface area contributed by atoms with Crippen molar-refractivity contribution in [3.8, 4) is 0 Å². The maximum Gasteiger partial charge on any atom is 0.306 e. The van der Waals surface area contributed by atoms with Gasteiger partial charge in [0.1, 0.15) is 17.8 Å². The molecule has 6 nitrogen and oxygen atoms in total. The number of aliphatic carboxylic acids is 1. The third-order valence-electron chi connectivity index (χ3n) is 4.67. The van der Waals surface area contributed by atoms with Crippen molar-refractivity contribution in [2.24, 2.45) is 11.8 Å². The Kier molecular flexibility index (Phi) is 3.53. The molecule has 0 spiro atoms. The molecule has 1 fully saturated rings. The monoisotopic (exact) mass is 288 g/mol. The van der Waals surface area contributed by atoms with Gasteiger partial charge in [0.2, 0.25) is 0 Å². The molecule has 112 valence electrons. The lowest BCUT2D eigenvalue weighted by Crippen LogP contribution is -2.43. The number of H-pyrrole nitrogens is 1. The number of nitrogens with one attached hydrogen (secondary N) is 1. The number of carboxylic acids is 1. The van der Waals surface area contributed by atoms with Crippen LogP contribution in [-0.2, 0) is 4.79 Å². The van der Waals surface area contributed by atoms with E-state index >= 15 is 0 Å². The summed E-state index contributed by atoms with van der Waals surface area (Å²) in [7, 11) is 2.00. The molecule has 3 atom stereocenters. The van der Waals surface area contributed by atoms with Gasteiger partial charge in [0.15, 0.2) is 0 Å². The normalized spacial score (nSPS) is 25.9. The number of aromatic nitrogens is 3. The van der Waals surface area contributed by atoms with Crippen LogP contribution in [0.1, 0.15) is 26.2 Å². The summed E-state index contributed by atoms with van der Waals surface area (Å²) in [6.45, 7) is 2.19. The van der Waals surface area contributed by atoms with Gasteiger partial charge in [-0.05, 0) is 31.2 Å². The number of carboxylic acid groups (broad SMARTS) is 1. The van der Waals surface area contributed by atoms with Crippen LogP contribution in [0.5, 0.6) is 0 Å². The summed E-state index contributed by atoms with van der Waals surface area (Å²) in [5.74, 6) is 0.380. The number of nitrogens with zero attached hydrogens (tertiary/aromatic N) is 3. The molecule has 0 amide bonds. The molecule has 6 heteroatoms. The van der Waals surface area contributed by atoms with E-state index in [1.54, 1.807) is 6.33 Å². The SMILES string of the molecule is CC1CCC(C(=O)O)CC1N(C)c1ncnc2[nH]ccc12. The topological polar surface area (TPSA) is 82.1 Å². The summed E-state index contributed by atoms with van der Waals surface area (Å²) >= 11 is 0. The van der Waals surface area contributed by atoms with Crippen molar-refractivity contribution < 1.29 is 9.90 Å². The fraction of sp³-hybridized carbons (Fsp3) is 0.533. The van der Waals surface area contributed by atoms with E-state index in [0.717, 1.165) is 29.7 Å². The van der Waals surface area contributed by atoms with Gasteiger partial charge in [-0.2, -0.15) is 0 Å². The third kappa shape index (κ3) is 2.46. The zero-order valence-electron chi connectivity index (χ0n) is 12.3. The summed E-state index contributed by atoms with van der Waals surface area (Å²) in [5, 5.41) is 10.3. The molecule has 2 heterocycles. The van der Waals surface area contributed by atoms with E-state index < -0.39 is 5.97 Å². The van der Waals surface area contributed by atoms with Crippen LogP contribution in [0.2, 0.25) is 0 Å². The van der Waals surface area contributed by atoms with Crippen LogP contribution in [0.3, 0.4) is 0 Å². The molecule has 0 radical (unpaired) electrons. The van der Waals surface area contributed by atoms with E-state index in [1.807, 2.05) is 19.3 Å². The lowest BCUT2D eigenvalue weighted by molar-refractivity contribution is -0.143. The van der Waals surface area contributed by atoms with Crippen molar-refractivity contribution in [1.29, 1.82) is 0 Å². The first kappa shape index (κ1) is 13.9. The van der Waals surface area contributed by atoms with Crippen molar-refractivity contribution in [3.05, 3.63) is 18.6 Å². The van der Waals surface area contributed by atoms with Gasteiger partial charge in [-0.3, -0.25) is 4.79 Å². The van der Waals surface area contributed by atoms with E-state index in [-0.39, 0.29) is 12.0 Å². The zero-order valence-corrected chi connectivity index (χ0v) is 12.3. The predicted molar refractivity (Wildman–Crippen MR) is 80.2 cm³/mol. The molecule has 2 aromatic heterocycles. The second-order valence-corrected chi connectivity index (χ2v) is 5.94. The third-order valence-corrected chi connectivity index (χ3v) is 4.67. The van der Waals surface area contributed by atoms with Gasteiger partial charge < -0.3 is 15.0 Å². The molecular formula is C15H20N4O2. The fourth-order valence-electron chi connectivity index (χ4n) is 3.36. The molecule has 2 N–H and O–H groups in total. The highest BCUT2D eigenvalue weighted by Crippen LogP contribution is 2.35. The van der Waals surface area contributed by atoms with Gasteiger partial charge in [-0.15, -0.1) is 0 Å². The number of anilines is 1. The summed E-state index contributed by atoms with van der Waals surface area (Å²) in [6.07, 6.45) is 5.77. The quantitative estimate of drug-likeness (QED) is 0.905. The first-order valence-electron chi connectivity index (χ1n) is 7.31. The number of aromatic amines is 1. The van der Waals surface area contributed by atoms with Crippen LogP contribution >= 0.6 is 0 Å². The van der Waals surface area contributed by atoms with E-state index in [2.05, 4.69) is 26.8 Å². The Bertz CT molecular complexity index is 654. The van der Waals surface area contributed by atoms with Crippen molar-refractivity contribution in [1.82, 2.24) is 15.0 Å². The smallest absolute Gasteiger partial charge is 0.306 e. The van der Waals surface area contributed by atoms with E-state index in [4.69, 9.17) is 0 Å². The minimum Gasteiger partial charge on any atom is -0.481 e. The Labute approximate surface area is 123 Å². The maximum absolute atomic E-state index is 11.3. The largest absolute Gasteiger partial charge is 0.481 e. The van der Waals surface area contributed by atoms with Gasteiger partial charge in [-0.25, -0.2) is 9.97 Å². The fourth-order valence-corrected chi connectivity index (χ4v) is 3.36. The second kappa shape index (κ2) is 5.35. The van der Waals surface area contributed by atoms with E-state index in [9.17, 15) is 9.90 Å². The molecule has 0 bridgehead atoms. The van der Waals surface area contributed by atoms with Crippen molar-refractivity contribution in [2.45, 2.75) is 32.2 Å². The zero-order chi connectivity index (χ0) is 15.0. The van der Waals surface area contributed by atoms with Gasteiger partial charge in [0.05, 0.1) is 11.3 Å². The van der Waals surface area contributed by atoms with Crippen LogP contribution < -0.4 is 4.90 Å². The summed E-state index contributed by atoms with van der Waals surface area (Å²) < 4.78 is 0. The predicted octanol–water partition coefficient (Wildman–Crippen LogP) is 2.28. The maximum atomic E-state index is 11.3. The molecule has 21 heavy (non-hydrogen) atoms. The highest BCUT2D eigenvalue weighted by molar-refractivity contribution is 5.87. The minimum atomic E-state index is -0.685. The lowest BCUT2D eigenvalue weighted by atomic mass is 9.78. The molecule has 1 aliphatic carbocycles. The molecule has 1 aliphatic rings. The summed E-state index contributed by atoms with van der Waals surface area (Å²) in [6, 6.07) is 2.15. The molecule has 0 aromatic carbocycles. The van der Waals surface area contributed by atoms with Crippen LogP contribution in [0, 0.1) is 11.8 Å². The van der Waals surface area contributed by atoms with Crippen molar-refractivity contribution in [3.63, 3.8) is 0 Å². The summed E-state index contributed by atoms with van der Waals surface area (Å²) in [4.78, 5) is 25.1. The minimum absolute atomic E-state index is 0.188. The highest BCUT2D eigenvalue weighted by Gasteiger charge is 2.34. The van der Waals surface area contributed by atoms with Gasteiger partial charge in [0.25, 0.3) is 0 Å². The first-order chi connectivity index (χ1) is 10.1. The van der Waals surface area contributed by atoms with Crippen molar-refractivity contribution >= 4 is 22.8 Å². The molecule has 0 aliphatic heterocycles. The number of rotatable bonds is 3. The molecule has 1 saturated carbocycles. The van der Waals surface area contributed by atoms with Gasteiger partial charge in [-0.1, -0.05) is 6.92 Å². The molecule has 3 rings (SSSR count). The number of hydrogen-bond acceptors (Lipinski definition) is 4. The molecule has 3 unspecified atom stereocenters. The Balaban J connectivity index is 1.91. The second-order valence-electron chi connectivity index (χ2n) is 5.94. The van der Waals surface area contributed by atoms with Crippen LogP contribution in [0.25, 0.3) is 11.0 Å². The Hall–Kier alpha value is -2.11. The van der Waals surface area contributed by atoms with Crippen LogP contribution in [-0.4, -0.2) is 39.1 Å². The first-order valence-corrected chi connectivity index (χ1v) is 7.31. The van der Waals surface area contributed by atoms with Crippen LogP contribution in [0.4, 0.5) is 5.82 Å².